The molecule has 31 heavy (non-hydrogen) atoms. The van der Waals surface area contributed by atoms with E-state index in [-0.39, 0.29) is 35.3 Å². The SMILES string of the molecule is CCN(Cc1nc2ccccc2c(=O)[nH]1)C(=O)c1nn(C(C)C)c(=O)c2ccccc12. The first-order valence-corrected chi connectivity index (χ1v) is 10.2. The smallest absolute Gasteiger partial charge is 0.275 e. The summed E-state index contributed by atoms with van der Waals surface area (Å²) in [6.45, 7) is 6.04. The Hall–Kier alpha value is -3.81. The summed E-state index contributed by atoms with van der Waals surface area (Å²) in [6.07, 6.45) is 0. The quantitative estimate of drug-likeness (QED) is 0.538. The van der Waals surface area contributed by atoms with Crippen molar-refractivity contribution in [3.63, 3.8) is 0 Å². The molecule has 0 aliphatic heterocycles. The first kappa shape index (κ1) is 20.5. The van der Waals surface area contributed by atoms with Gasteiger partial charge in [-0.25, -0.2) is 9.67 Å². The van der Waals surface area contributed by atoms with E-state index < -0.39 is 0 Å². The minimum absolute atomic E-state index is 0.117. The number of amides is 1. The van der Waals surface area contributed by atoms with Gasteiger partial charge in [-0.15, -0.1) is 0 Å². The van der Waals surface area contributed by atoms with Crippen LogP contribution in [0.1, 0.15) is 43.1 Å². The fourth-order valence-corrected chi connectivity index (χ4v) is 3.58. The zero-order valence-corrected chi connectivity index (χ0v) is 17.6. The first-order valence-electron chi connectivity index (χ1n) is 10.2. The molecule has 0 unspecified atom stereocenters. The number of para-hydroxylation sites is 1. The van der Waals surface area contributed by atoms with Gasteiger partial charge in [-0.1, -0.05) is 30.3 Å². The second kappa shape index (κ2) is 8.14. The van der Waals surface area contributed by atoms with Crippen molar-refractivity contribution in [2.24, 2.45) is 0 Å². The van der Waals surface area contributed by atoms with Crippen LogP contribution >= 0.6 is 0 Å². The molecule has 2 aromatic heterocycles. The molecule has 0 saturated carbocycles. The minimum Gasteiger partial charge on any atom is -0.330 e. The monoisotopic (exact) mass is 417 g/mol. The average Bonchev–Trinajstić information content (AvgIpc) is 2.77. The van der Waals surface area contributed by atoms with Crippen molar-refractivity contribution in [1.29, 1.82) is 0 Å². The molecule has 1 N–H and O–H groups in total. The van der Waals surface area contributed by atoms with Crippen LogP contribution in [-0.4, -0.2) is 37.1 Å². The third kappa shape index (κ3) is 3.72. The molecule has 0 fully saturated rings. The summed E-state index contributed by atoms with van der Waals surface area (Å²) in [5, 5.41) is 5.85. The molecule has 0 radical (unpaired) electrons. The maximum atomic E-state index is 13.5. The van der Waals surface area contributed by atoms with Crippen LogP contribution < -0.4 is 11.1 Å². The molecule has 0 bridgehead atoms. The molecule has 0 aliphatic carbocycles. The third-order valence-corrected chi connectivity index (χ3v) is 5.19. The number of nitrogens with one attached hydrogen (secondary N) is 1. The number of hydrogen-bond acceptors (Lipinski definition) is 5. The molecule has 4 rings (SSSR count). The van der Waals surface area contributed by atoms with Crippen LogP contribution in [0.4, 0.5) is 0 Å². The summed E-state index contributed by atoms with van der Waals surface area (Å²) < 4.78 is 1.33. The van der Waals surface area contributed by atoms with E-state index in [9.17, 15) is 14.4 Å². The van der Waals surface area contributed by atoms with Crippen molar-refractivity contribution in [2.75, 3.05) is 6.54 Å². The van der Waals surface area contributed by atoms with Crippen molar-refractivity contribution >= 4 is 27.6 Å². The lowest BCUT2D eigenvalue weighted by molar-refractivity contribution is 0.0741. The Bertz CT molecular complexity index is 1400. The lowest BCUT2D eigenvalue weighted by Gasteiger charge is -2.21. The predicted octanol–water partition coefficient (Wildman–Crippen LogP) is 2.88. The normalized spacial score (nSPS) is 11.4. The number of carbonyl (C=O) groups is 1. The van der Waals surface area contributed by atoms with Crippen LogP contribution in [-0.2, 0) is 6.54 Å². The lowest BCUT2D eigenvalue weighted by Crippen LogP contribution is -2.35. The summed E-state index contributed by atoms with van der Waals surface area (Å²) in [6, 6.07) is 13.8. The van der Waals surface area contributed by atoms with Crippen molar-refractivity contribution in [2.45, 2.75) is 33.4 Å². The van der Waals surface area contributed by atoms with Gasteiger partial charge in [0, 0.05) is 11.9 Å². The summed E-state index contributed by atoms with van der Waals surface area (Å²) in [5.74, 6) is 0.0595. The zero-order valence-electron chi connectivity index (χ0n) is 17.6. The fraction of sp³-hybridized carbons (Fsp3) is 0.261. The van der Waals surface area contributed by atoms with Crippen molar-refractivity contribution < 1.29 is 4.79 Å². The molecule has 0 atom stereocenters. The fourth-order valence-electron chi connectivity index (χ4n) is 3.58. The van der Waals surface area contributed by atoms with E-state index in [2.05, 4.69) is 15.1 Å². The van der Waals surface area contributed by atoms with Gasteiger partial charge in [0.15, 0.2) is 5.69 Å². The van der Waals surface area contributed by atoms with Gasteiger partial charge in [0.25, 0.3) is 17.0 Å². The molecule has 8 nitrogen and oxygen atoms in total. The van der Waals surface area contributed by atoms with Gasteiger partial charge in [0.2, 0.25) is 0 Å². The van der Waals surface area contributed by atoms with Crippen LogP contribution in [0.2, 0.25) is 0 Å². The molecule has 2 aromatic carbocycles. The number of aromatic nitrogens is 4. The Balaban J connectivity index is 1.78. The summed E-state index contributed by atoms with van der Waals surface area (Å²) in [5.41, 5.74) is 0.294. The van der Waals surface area contributed by atoms with Gasteiger partial charge in [-0.2, -0.15) is 5.10 Å². The number of H-pyrrole nitrogens is 1. The maximum absolute atomic E-state index is 13.5. The zero-order chi connectivity index (χ0) is 22.1. The number of carbonyl (C=O) groups excluding carboxylic acids is 1. The summed E-state index contributed by atoms with van der Waals surface area (Å²) >= 11 is 0. The molecule has 0 aliphatic rings. The van der Waals surface area contributed by atoms with E-state index in [1.165, 1.54) is 4.68 Å². The molecule has 158 valence electrons. The van der Waals surface area contributed by atoms with E-state index >= 15 is 0 Å². The molecular weight excluding hydrogens is 394 g/mol. The number of benzene rings is 2. The Morgan fingerprint density at radius 2 is 1.68 bits per heavy atom. The highest BCUT2D eigenvalue weighted by Crippen LogP contribution is 2.17. The van der Waals surface area contributed by atoms with Gasteiger partial charge < -0.3 is 9.88 Å². The second-order valence-electron chi connectivity index (χ2n) is 7.59. The van der Waals surface area contributed by atoms with Gasteiger partial charge in [0.05, 0.1) is 28.9 Å². The minimum atomic E-state index is -0.330. The highest BCUT2D eigenvalue weighted by Gasteiger charge is 2.23. The Morgan fingerprint density at radius 1 is 1.03 bits per heavy atom. The van der Waals surface area contributed by atoms with Crippen molar-refractivity contribution in [1.82, 2.24) is 24.6 Å². The average molecular weight is 417 g/mol. The highest BCUT2D eigenvalue weighted by atomic mass is 16.2. The number of rotatable bonds is 5. The topological polar surface area (TPSA) is 101 Å². The first-order chi connectivity index (χ1) is 14.9. The van der Waals surface area contributed by atoms with Crippen LogP contribution in [0.25, 0.3) is 21.7 Å². The lowest BCUT2D eigenvalue weighted by atomic mass is 10.1. The summed E-state index contributed by atoms with van der Waals surface area (Å²) in [7, 11) is 0. The molecule has 2 heterocycles. The molecular formula is C23H23N5O3. The molecule has 0 spiro atoms. The van der Waals surface area contributed by atoms with E-state index in [1.807, 2.05) is 26.8 Å². The van der Waals surface area contributed by atoms with Crippen LogP contribution in [0.3, 0.4) is 0 Å². The van der Waals surface area contributed by atoms with Crippen molar-refractivity contribution in [3.05, 3.63) is 80.8 Å². The number of nitrogens with zero attached hydrogens (tertiary/aromatic N) is 4. The van der Waals surface area contributed by atoms with E-state index in [0.717, 1.165) is 0 Å². The number of aromatic amines is 1. The predicted molar refractivity (Wildman–Crippen MR) is 119 cm³/mol. The standard InChI is InChI=1S/C23H23N5O3/c1-4-27(13-19-24-18-12-8-7-11-17(18)21(29)25-19)23(31)20-15-9-5-6-10-16(15)22(30)28(26-20)14(2)3/h5-12,14H,4,13H2,1-3H3,(H,24,25,29). The molecule has 4 aromatic rings. The largest absolute Gasteiger partial charge is 0.330 e. The Labute approximate surface area is 178 Å². The molecule has 8 heteroatoms. The van der Waals surface area contributed by atoms with Gasteiger partial charge in [-0.3, -0.25) is 14.4 Å². The van der Waals surface area contributed by atoms with Gasteiger partial charge in [-0.05, 0) is 39.0 Å². The van der Waals surface area contributed by atoms with Gasteiger partial charge in [0.1, 0.15) is 5.82 Å². The van der Waals surface area contributed by atoms with Crippen molar-refractivity contribution in [3.8, 4) is 0 Å². The molecule has 0 saturated heterocycles. The van der Waals surface area contributed by atoms with E-state index in [4.69, 9.17) is 0 Å². The highest BCUT2D eigenvalue weighted by molar-refractivity contribution is 6.04. The van der Waals surface area contributed by atoms with Gasteiger partial charge >= 0.3 is 0 Å². The van der Waals surface area contributed by atoms with Crippen LogP contribution in [0, 0.1) is 0 Å². The van der Waals surface area contributed by atoms with E-state index in [1.54, 1.807) is 47.4 Å². The maximum Gasteiger partial charge on any atom is 0.275 e. The van der Waals surface area contributed by atoms with E-state index in [0.29, 0.717) is 34.0 Å². The third-order valence-electron chi connectivity index (χ3n) is 5.19. The Morgan fingerprint density at radius 3 is 2.35 bits per heavy atom. The second-order valence-corrected chi connectivity index (χ2v) is 7.59. The Kier molecular flexibility index (Phi) is 5.37. The number of hydrogen-bond donors (Lipinski definition) is 1. The number of fused-ring (bicyclic) bond motifs is 2. The van der Waals surface area contributed by atoms with Crippen LogP contribution in [0.15, 0.2) is 58.1 Å². The summed E-state index contributed by atoms with van der Waals surface area (Å²) in [4.78, 5) is 47.4. The molecule has 1 amide bonds. The van der Waals surface area contributed by atoms with Crippen LogP contribution in [0.5, 0.6) is 0 Å².